The Bertz CT molecular complexity index is 780. The molecule has 2 aliphatic rings. The number of halogens is 2. The van der Waals surface area contributed by atoms with Gasteiger partial charge in [0.2, 0.25) is 5.91 Å². The number of nitrogens with zero attached hydrogens (tertiary/aromatic N) is 4. The highest BCUT2D eigenvalue weighted by atomic mass is 127. The van der Waals surface area contributed by atoms with E-state index in [0.29, 0.717) is 19.0 Å². The molecule has 186 valence electrons. The van der Waals surface area contributed by atoms with Gasteiger partial charge in [0.05, 0.1) is 13.7 Å². The fourth-order valence-electron chi connectivity index (χ4n) is 4.55. The van der Waals surface area contributed by atoms with Crippen molar-refractivity contribution in [1.29, 1.82) is 0 Å². The second-order valence-corrected chi connectivity index (χ2v) is 8.71. The quantitative estimate of drug-likeness (QED) is 0.293. The molecule has 0 bridgehead atoms. The van der Waals surface area contributed by atoms with E-state index in [9.17, 15) is 9.18 Å². The molecule has 1 aliphatic carbocycles. The Balaban J connectivity index is 0.00000385. The van der Waals surface area contributed by atoms with E-state index in [2.05, 4.69) is 15.1 Å². The maximum Gasteiger partial charge on any atom is 0.225 e. The number of nitrogens with one attached hydrogen (secondary N) is 1. The standard InChI is InChI=1S/C24H38FN5O2.HI/c1-4-26-24(28(2)18-19-9-10-22(32-3)21(25)17-19)27-11-12-29-13-15-30(16-14-29)23(31)20-7-5-6-8-20;/h9-10,17,20H,4-8,11-16,18H2,1-3H3,(H,26,27);1H. The van der Waals surface area contributed by atoms with Gasteiger partial charge < -0.3 is 19.9 Å². The molecule has 0 spiro atoms. The second-order valence-electron chi connectivity index (χ2n) is 8.71. The highest BCUT2D eigenvalue weighted by Gasteiger charge is 2.29. The van der Waals surface area contributed by atoms with Crippen molar-refractivity contribution in [2.24, 2.45) is 10.9 Å². The van der Waals surface area contributed by atoms with Crippen molar-refractivity contribution < 1.29 is 13.9 Å². The molecule has 1 saturated carbocycles. The Labute approximate surface area is 214 Å². The van der Waals surface area contributed by atoms with E-state index in [-0.39, 0.29) is 41.5 Å². The van der Waals surface area contributed by atoms with Crippen LogP contribution < -0.4 is 10.1 Å². The molecule has 0 aromatic heterocycles. The summed E-state index contributed by atoms with van der Waals surface area (Å²) in [5, 5.41) is 3.32. The van der Waals surface area contributed by atoms with Crippen molar-refractivity contribution in [3.8, 4) is 5.75 Å². The van der Waals surface area contributed by atoms with Gasteiger partial charge in [-0.3, -0.25) is 14.7 Å². The summed E-state index contributed by atoms with van der Waals surface area (Å²) in [6.07, 6.45) is 4.53. The summed E-state index contributed by atoms with van der Waals surface area (Å²) in [4.78, 5) is 23.8. The first-order valence-electron chi connectivity index (χ1n) is 11.8. The van der Waals surface area contributed by atoms with Crippen molar-refractivity contribution >= 4 is 35.8 Å². The minimum atomic E-state index is -0.356. The Hall–Kier alpha value is -1.62. The average molecular weight is 576 g/mol. The predicted molar refractivity (Wildman–Crippen MR) is 141 cm³/mol. The molecule has 7 nitrogen and oxygen atoms in total. The minimum absolute atomic E-state index is 0. The van der Waals surface area contributed by atoms with Crippen LogP contribution in [-0.4, -0.2) is 86.5 Å². The van der Waals surface area contributed by atoms with E-state index in [0.717, 1.165) is 63.6 Å². The average Bonchev–Trinajstić information content (AvgIpc) is 3.33. The van der Waals surface area contributed by atoms with Crippen LogP contribution in [0.5, 0.6) is 5.75 Å². The van der Waals surface area contributed by atoms with Gasteiger partial charge in [-0.25, -0.2) is 4.39 Å². The van der Waals surface area contributed by atoms with Crippen molar-refractivity contribution in [1.82, 2.24) is 20.0 Å². The Kier molecular flexibility index (Phi) is 11.7. The number of ether oxygens (including phenoxy) is 1. The molecule has 1 aliphatic heterocycles. The van der Waals surface area contributed by atoms with Crippen LogP contribution in [-0.2, 0) is 11.3 Å². The van der Waals surface area contributed by atoms with Gasteiger partial charge in [-0.1, -0.05) is 18.9 Å². The maximum absolute atomic E-state index is 14.0. The summed E-state index contributed by atoms with van der Waals surface area (Å²) in [5.74, 6) is 1.33. The third-order valence-electron chi connectivity index (χ3n) is 6.40. The smallest absolute Gasteiger partial charge is 0.225 e. The zero-order valence-corrected chi connectivity index (χ0v) is 22.5. The molecule has 0 unspecified atom stereocenters. The molecular weight excluding hydrogens is 536 g/mol. The minimum Gasteiger partial charge on any atom is -0.494 e. The number of benzene rings is 1. The number of amides is 1. The van der Waals surface area contributed by atoms with Crippen LogP contribution in [0.25, 0.3) is 0 Å². The highest BCUT2D eigenvalue weighted by molar-refractivity contribution is 14.0. The molecule has 1 amide bonds. The summed E-state index contributed by atoms with van der Waals surface area (Å²) in [7, 11) is 3.42. The first-order chi connectivity index (χ1) is 15.5. The van der Waals surface area contributed by atoms with Gasteiger partial charge in [-0.2, -0.15) is 0 Å². The molecule has 1 aromatic carbocycles. The van der Waals surface area contributed by atoms with E-state index in [4.69, 9.17) is 9.73 Å². The van der Waals surface area contributed by atoms with E-state index >= 15 is 0 Å². The predicted octanol–water partition coefficient (Wildman–Crippen LogP) is 3.18. The van der Waals surface area contributed by atoms with E-state index in [1.54, 1.807) is 6.07 Å². The number of piperazine rings is 1. The summed E-state index contributed by atoms with van der Waals surface area (Å²) >= 11 is 0. The fraction of sp³-hybridized carbons (Fsp3) is 0.667. The van der Waals surface area contributed by atoms with Crippen LogP contribution in [0.15, 0.2) is 23.2 Å². The molecule has 1 saturated heterocycles. The van der Waals surface area contributed by atoms with E-state index in [1.165, 1.54) is 26.0 Å². The van der Waals surface area contributed by atoms with Crippen LogP contribution >= 0.6 is 24.0 Å². The molecular formula is C24H39FIN5O2. The first-order valence-corrected chi connectivity index (χ1v) is 11.8. The lowest BCUT2D eigenvalue weighted by molar-refractivity contribution is -0.137. The van der Waals surface area contributed by atoms with Crippen LogP contribution in [0.2, 0.25) is 0 Å². The SMILES string of the molecule is CCNC(=NCCN1CCN(C(=O)C2CCCC2)CC1)N(C)Cc1ccc(OC)c(F)c1.I. The van der Waals surface area contributed by atoms with Gasteiger partial charge in [0.1, 0.15) is 0 Å². The van der Waals surface area contributed by atoms with Crippen LogP contribution in [0.1, 0.15) is 38.2 Å². The van der Waals surface area contributed by atoms with Crippen LogP contribution in [0.3, 0.4) is 0 Å². The number of carbonyl (C=O) groups excluding carboxylic acids is 1. The molecule has 1 N–H and O–H groups in total. The lowest BCUT2D eigenvalue weighted by Crippen LogP contribution is -2.50. The van der Waals surface area contributed by atoms with E-state index < -0.39 is 0 Å². The number of hydrogen-bond acceptors (Lipinski definition) is 4. The van der Waals surface area contributed by atoms with Gasteiger partial charge >= 0.3 is 0 Å². The number of aliphatic imine (C=N–C) groups is 1. The van der Waals surface area contributed by atoms with Gasteiger partial charge in [0, 0.05) is 58.8 Å². The van der Waals surface area contributed by atoms with E-state index in [1.807, 2.05) is 24.9 Å². The summed E-state index contributed by atoms with van der Waals surface area (Å²) in [6.45, 7) is 8.36. The van der Waals surface area contributed by atoms with Gasteiger partial charge in [0.25, 0.3) is 0 Å². The zero-order chi connectivity index (χ0) is 22.9. The van der Waals surface area contributed by atoms with Crippen molar-refractivity contribution in [3.05, 3.63) is 29.6 Å². The summed E-state index contributed by atoms with van der Waals surface area (Å²) in [6, 6.07) is 5.03. The molecule has 2 fully saturated rings. The normalized spacial score (nSPS) is 17.6. The monoisotopic (exact) mass is 575 g/mol. The zero-order valence-electron chi connectivity index (χ0n) is 20.2. The van der Waals surface area contributed by atoms with Crippen molar-refractivity contribution in [2.45, 2.75) is 39.2 Å². The topological polar surface area (TPSA) is 60.4 Å². The molecule has 33 heavy (non-hydrogen) atoms. The highest BCUT2D eigenvalue weighted by Crippen LogP contribution is 2.27. The molecule has 9 heteroatoms. The number of methoxy groups -OCH3 is 1. The number of hydrogen-bond donors (Lipinski definition) is 1. The number of guanidine groups is 1. The first kappa shape index (κ1) is 27.6. The maximum atomic E-state index is 14.0. The second kappa shape index (κ2) is 13.9. The molecule has 3 rings (SSSR count). The van der Waals surface area contributed by atoms with Crippen molar-refractivity contribution in [2.75, 3.05) is 60.0 Å². The summed E-state index contributed by atoms with van der Waals surface area (Å²) in [5.41, 5.74) is 0.861. The van der Waals surface area contributed by atoms with Gasteiger partial charge in [-0.15, -0.1) is 24.0 Å². The Morgan fingerprint density at radius 2 is 1.94 bits per heavy atom. The van der Waals surface area contributed by atoms with Crippen LogP contribution in [0.4, 0.5) is 4.39 Å². The Morgan fingerprint density at radius 3 is 2.55 bits per heavy atom. The van der Waals surface area contributed by atoms with Gasteiger partial charge in [-0.05, 0) is 37.5 Å². The summed E-state index contributed by atoms with van der Waals surface area (Å²) < 4.78 is 19.0. The fourth-order valence-corrected chi connectivity index (χ4v) is 4.55. The molecule has 0 atom stereocenters. The van der Waals surface area contributed by atoms with Crippen molar-refractivity contribution in [3.63, 3.8) is 0 Å². The molecule has 1 aromatic rings. The lowest BCUT2D eigenvalue weighted by atomic mass is 10.1. The molecule has 0 radical (unpaired) electrons. The number of carbonyl (C=O) groups is 1. The molecule has 1 heterocycles. The van der Waals surface area contributed by atoms with Gasteiger partial charge in [0.15, 0.2) is 17.5 Å². The third-order valence-corrected chi connectivity index (χ3v) is 6.40. The number of rotatable bonds is 8. The Morgan fingerprint density at radius 1 is 1.24 bits per heavy atom. The van der Waals surface area contributed by atoms with Crippen LogP contribution in [0, 0.1) is 11.7 Å². The lowest BCUT2D eigenvalue weighted by Gasteiger charge is -2.35. The third kappa shape index (κ3) is 7.98. The largest absolute Gasteiger partial charge is 0.494 e.